The van der Waals surface area contributed by atoms with Gasteiger partial charge in [-0.1, -0.05) is 51.4 Å². The fourth-order valence-electron chi connectivity index (χ4n) is 5.58. The molecule has 2 saturated heterocycles. The van der Waals surface area contributed by atoms with Gasteiger partial charge in [0.25, 0.3) is 5.91 Å². The van der Waals surface area contributed by atoms with Crippen LogP contribution in [0.3, 0.4) is 0 Å². The lowest BCUT2D eigenvalue weighted by Crippen LogP contribution is -2.72. The Morgan fingerprint density at radius 3 is 2.46 bits per heavy atom. The van der Waals surface area contributed by atoms with E-state index in [1.807, 2.05) is 85.5 Å². The van der Waals surface area contributed by atoms with Crippen molar-refractivity contribution in [3.8, 4) is 0 Å². The monoisotopic (exact) mass is 604 g/mol. The average Bonchev–Trinajstić information content (AvgIpc) is 3.67. The van der Waals surface area contributed by atoms with Gasteiger partial charge < -0.3 is 14.1 Å². The summed E-state index contributed by atoms with van der Waals surface area (Å²) in [6.45, 7) is 17.5. The van der Waals surface area contributed by atoms with Gasteiger partial charge in [-0.3, -0.25) is 9.78 Å². The molecule has 5 rings (SSSR count). The maximum atomic E-state index is 13.2. The first-order valence-corrected chi connectivity index (χ1v) is 15.5. The van der Waals surface area contributed by atoms with Crippen LogP contribution in [-0.2, 0) is 11.2 Å². The highest BCUT2D eigenvalue weighted by molar-refractivity contribution is 7.11. The van der Waals surface area contributed by atoms with Crippen molar-refractivity contribution in [3.63, 3.8) is 0 Å². The Kier molecular flexibility index (Phi) is 10.4. The summed E-state index contributed by atoms with van der Waals surface area (Å²) < 4.78 is 12.0. The Morgan fingerprint density at radius 1 is 1.20 bits per heavy atom. The van der Waals surface area contributed by atoms with Crippen LogP contribution in [-0.4, -0.2) is 75.4 Å². The number of carbonyl (C=O) groups is 2. The molecule has 224 valence electrons. The van der Waals surface area contributed by atoms with Crippen LogP contribution in [0.2, 0.25) is 5.02 Å². The van der Waals surface area contributed by atoms with Crippen LogP contribution in [0.1, 0.15) is 87.0 Å². The molecule has 2 fully saturated rings. The van der Waals surface area contributed by atoms with Gasteiger partial charge in [-0.25, -0.2) is 4.48 Å². The maximum absolute atomic E-state index is 13.2. The van der Waals surface area contributed by atoms with Gasteiger partial charge in [-0.05, 0) is 44.9 Å². The number of likely N-dealkylation sites (tertiary alicyclic amines) is 2. The van der Waals surface area contributed by atoms with E-state index in [1.54, 1.807) is 11.7 Å². The van der Waals surface area contributed by atoms with Crippen LogP contribution < -0.4 is 0 Å². The van der Waals surface area contributed by atoms with Crippen molar-refractivity contribution < 1.29 is 23.2 Å². The molecular weight excluding hydrogens is 562 g/mol. The van der Waals surface area contributed by atoms with E-state index in [-0.39, 0.29) is 27.8 Å². The van der Waals surface area contributed by atoms with Crippen LogP contribution in [0.25, 0.3) is 0 Å². The number of aromatic nitrogens is 3. The van der Waals surface area contributed by atoms with E-state index in [2.05, 4.69) is 15.2 Å². The second-order valence-corrected chi connectivity index (χ2v) is 12.7. The average molecular weight is 605 g/mol. The third-order valence-corrected chi connectivity index (χ3v) is 8.28. The van der Waals surface area contributed by atoms with Gasteiger partial charge in [0.2, 0.25) is 11.8 Å². The predicted molar refractivity (Wildman–Crippen MR) is 161 cm³/mol. The molecule has 2 aliphatic rings. The summed E-state index contributed by atoms with van der Waals surface area (Å²) >= 11 is 7.48. The lowest BCUT2D eigenvalue weighted by molar-refractivity contribution is -0.902. The van der Waals surface area contributed by atoms with Gasteiger partial charge in [0, 0.05) is 18.1 Å². The molecule has 41 heavy (non-hydrogen) atoms. The number of ether oxygens (including phenoxy) is 1. The smallest absolute Gasteiger partial charge is 0.425 e. The van der Waals surface area contributed by atoms with Gasteiger partial charge >= 0.3 is 6.09 Å². The molecule has 3 aromatic rings. The first-order valence-electron chi connectivity index (χ1n) is 14.2. The molecular formula is C30H43ClN5O4S+. The molecule has 4 heterocycles. The number of nitrogens with zero attached hydrogens (tertiary/aromatic N) is 5. The standard InChI is InChI=1S/C26H31ClN5O4S.2C2H6/c1-16-8-17(6-7-19(16)27)9-21-29-30-22(35-21)18-11-31(23(33)20-10-28-15-37-20)12-26(18)13-32(5,14-26)24(34)36-25(2,3)4;2*1-2/h6-8,10,15,18H,9,11-14H2,1-5H3;2*1-2H3/q+1;;. The first kappa shape index (κ1) is 32.7. The largest absolute Gasteiger partial charge is 0.516 e. The topological polar surface area (TPSA) is 98.4 Å². The van der Waals surface area contributed by atoms with Gasteiger partial charge in [0.15, 0.2) is 0 Å². The van der Waals surface area contributed by atoms with Crippen LogP contribution in [0, 0.1) is 12.3 Å². The van der Waals surface area contributed by atoms with E-state index in [0.717, 1.165) is 11.1 Å². The lowest BCUT2D eigenvalue weighted by atomic mass is 9.70. The van der Waals surface area contributed by atoms with E-state index in [4.69, 9.17) is 20.8 Å². The van der Waals surface area contributed by atoms with E-state index in [0.29, 0.717) is 54.3 Å². The molecule has 0 aliphatic carbocycles. The van der Waals surface area contributed by atoms with Crippen molar-refractivity contribution in [1.29, 1.82) is 0 Å². The molecule has 0 saturated carbocycles. The first-order chi connectivity index (χ1) is 19.4. The van der Waals surface area contributed by atoms with Gasteiger partial charge in [-0.15, -0.1) is 21.5 Å². The number of hydrogen-bond donors (Lipinski definition) is 0. The maximum Gasteiger partial charge on any atom is 0.516 e. The second-order valence-electron chi connectivity index (χ2n) is 11.5. The van der Waals surface area contributed by atoms with Gasteiger partial charge in [0.1, 0.15) is 29.0 Å². The lowest BCUT2D eigenvalue weighted by Gasteiger charge is -2.52. The van der Waals surface area contributed by atoms with Crippen molar-refractivity contribution in [2.75, 3.05) is 33.2 Å². The number of benzene rings is 1. The summed E-state index contributed by atoms with van der Waals surface area (Å²) in [5.74, 6) is 0.740. The van der Waals surface area contributed by atoms with Crippen LogP contribution in [0.15, 0.2) is 34.3 Å². The highest BCUT2D eigenvalue weighted by Gasteiger charge is 2.67. The molecule has 11 heteroatoms. The molecule has 9 nitrogen and oxygen atoms in total. The summed E-state index contributed by atoms with van der Waals surface area (Å²) in [5, 5.41) is 9.43. The van der Waals surface area contributed by atoms with Crippen LogP contribution in [0.4, 0.5) is 4.79 Å². The van der Waals surface area contributed by atoms with E-state index in [1.165, 1.54) is 11.3 Å². The molecule has 2 amide bonds. The molecule has 1 spiro atoms. The summed E-state index contributed by atoms with van der Waals surface area (Å²) in [7, 11) is 1.88. The molecule has 2 aliphatic heterocycles. The summed E-state index contributed by atoms with van der Waals surface area (Å²) in [5.41, 5.74) is 2.72. The highest BCUT2D eigenvalue weighted by atomic mass is 35.5. The SMILES string of the molecule is CC.CC.Cc1cc(Cc2nnc(C3CN(C(=O)c4cncs4)CC34C[N+](C)(C(=O)OC(C)(C)C)C4)o2)ccc1Cl. The molecule has 1 atom stereocenters. The third kappa shape index (κ3) is 7.16. The highest BCUT2D eigenvalue weighted by Crippen LogP contribution is 2.52. The van der Waals surface area contributed by atoms with Gasteiger partial charge in [0.05, 0.1) is 31.1 Å². The van der Waals surface area contributed by atoms with Crippen molar-refractivity contribution in [3.05, 3.63) is 62.7 Å². The minimum absolute atomic E-state index is 0.0703. The Morgan fingerprint density at radius 2 is 1.88 bits per heavy atom. The van der Waals surface area contributed by atoms with E-state index < -0.39 is 5.60 Å². The molecule has 1 unspecified atom stereocenters. The Hall–Kier alpha value is -2.82. The van der Waals surface area contributed by atoms with Crippen molar-refractivity contribution >= 4 is 34.9 Å². The number of halogens is 1. The zero-order valence-electron chi connectivity index (χ0n) is 25.7. The van der Waals surface area contributed by atoms with Crippen molar-refractivity contribution in [1.82, 2.24) is 20.1 Å². The zero-order valence-corrected chi connectivity index (χ0v) is 27.2. The summed E-state index contributed by atoms with van der Waals surface area (Å²) in [6.07, 6.45) is 1.81. The normalized spacial score (nSPS) is 23.2. The molecule has 0 bridgehead atoms. The number of rotatable bonds is 4. The minimum Gasteiger partial charge on any atom is -0.425 e. The molecule has 1 aromatic carbocycles. The Labute approximate surface area is 252 Å². The second kappa shape index (κ2) is 13.0. The van der Waals surface area contributed by atoms with E-state index in [9.17, 15) is 9.59 Å². The van der Waals surface area contributed by atoms with Crippen molar-refractivity contribution in [2.45, 2.75) is 73.3 Å². The number of aryl methyl sites for hydroxylation is 1. The number of quaternary nitrogens is 1. The number of carbonyl (C=O) groups excluding carboxylic acids is 2. The number of hydrogen-bond acceptors (Lipinski definition) is 8. The van der Waals surface area contributed by atoms with Crippen LogP contribution >= 0.6 is 22.9 Å². The Bertz CT molecular complexity index is 1330. The van der Waals surface area contributed by atoms with Crippen molar-refractivity contribution in [2.24, 2.45) is 5.41 Å². The quantitative estimate of drug-likeness (QED) is 0.304. The fourth-order valence-corrected chi connectivity index (χ4v) is 6.28. The minimum atomic E-state index is -0.578. The number of thiazole rings is 1. The number of amides is 2. The summed E-state index contributed by atoms with van der Waals surface area (Å²) in [6, 6.07) is 5.82. The zero-order chi connectivity index (χ0) is 30.6. The van der Waals surface area contributed by atoms with E-state index >= 15 is 0 Å². The van der Waals surface area contributed by atoms with Gasteiger partial charge in [-0.2, -0.15) is 4.79 Å². The Balaban J connectivity index is 0.00000111. The van der Waals surface area contributed by atoms with Crippen LogP contribution in [0.5, 0.6) is 0 Å². The summed E-state index contributed by atoms with van der Waals surface area (Å²) in [4.78, 5) is 32.7. The molecule has 0 radical (unpaired) electrons. The molecule has 0 N–H and O–H groups in total. The molecule has 2 aromatic heterocycles. The fraction of sp³-hybridized carbons (Fsp3) is 0.567. The third-order valence-electron chi connectivity index (χ3n) is 7.10. The predicted octanol–water partition coefficient (Wildman–Crippen LogP) is 6.75.